The zero-order valence-corrected chi connectivity index (χ0v) is 18.0. The van der Waals surface area contributed by atoms with Gasteiger partial charge >= 0.3 is 0 Å². The van der Waals surface area contributed by atoms with E-state index in [-0.39, 0.29) is 17.0 Å². The van der Waals surface area contributed by atoms with Crippen LogP contribution in [-0.2, 0) is 14.3 Å². The fourth-order valence-electron chi connectivity index (χ4n) is 4.10. The highest BCUT2D eigenvalue weighted by molar-refractivity contribution is 7.86. The molecule has 1 atom stereocenters. The van der Waals surface area contributed by atoms with E-state index in [1.807, 2.05) is 43.3 Å². The van der Waals surface area contributed by atoms with Crippen molar-refractivity contribution in [3.63, 3.8) is 0 Å². The molecule has 3 aromatic rings. The van der Waals surface area contributed by atoms with Crippen LogP contribution in [0.5, 0.6) is 0 Å². The van der Waals surface area contributed by atoms with Gasteiger partial charge in [0.05, 0.1) is 17.0 Å². The summed E-state index contributed by atoms with van der Waals surface area (Å²) in [5, 5.41) is 0. The molecule has 156 valence electrons. The van der Waals surface area contributed by atoms with Crippen molar-refractivity contribution < 1.29 is 12.6 Å². The Labute approximate surface area is 179 Å². The smallest absolute Gasteiger partial charge is 0.290 e. The van der Waals surface area contributed by atoms with Crippen molar-refractivity contribution in [2.24, 2.45) is 0 Å². The first-order valence-corrected chi connectivity index (χ1v) is 11.8. The molecule has 1 saturated heterocycles. The molecule has 1 heterocycles. The molecule has 0 spiro atoms. The van der Waals surface area contributed by atoms with Gasteiger partial charge in [-0.05, 0) is 49.6 Å². The molecule has 1 aliphatic heterocycles. The normalized spacial score (nSPS) is 17.9. The summed E-state index contributed by atoms with van der Waals surface area (Å²) in [7, 11) is -3.78. The summed E-state index contributed by atoms with van der Waals surface area (Å²) in [4.78, 5) is 2.55. The summed E-state index contributed by atoms with van der Waals surface area (Å²) < 4.78 is 31.3. The first kappa shape index (κ1) is 20.8. The van der Waals surface area contributed by atoms with Crippen molar-refractivity contribution in [3.05, 3.63) is 102 Å². The predicted molar refractivity (Wildman–Crippen MR) is 119 cm³/mol. The van der Waals surface area contributed by atoms with Crippen molar-refractivity contribution in [1.82, 2.24) is 4.90 Å². The molecule has 0 radical (unpaired) electrons. The molecule has 1 unspecified atom stereocenters. The fourth-order valence-corrected chi connectivity index (χ4v) is 5.20. The van der Waals surface area contributed by atoms with E-state index in [9.17, 15) is 8.42 Å². The molecule has 0 N–H and O–H groups in total. The number of hydrogen-bond donors (Lipinski definition) is 0. The third-order valence-electron chi connectivity index (χ3n) is 5.58. The van der Waals surface area contributed by atoms with Crippen molar-refractivity contribution in [2.75, 3.05) is 13.1 Å². The van der Waals surface area contributed by atoms with Crippen LogP contribution in [0, 0.1) is 6.92 Å². The first-order chi connectivity index (χ1) is 14.5. The van der Waals surface area contributed by atoms with Crippen molar-refractivity contribution >= 4 is 10.1 Å². The molecule has 30 heavy (non-hydrogen) atoms. The lowest BCUT2D eigenvalue weighted by atomic mass is 9.94. The molecule has 4 nitrogen and oxygen atoms in total. The monoisotopic (exact) mass is 421 g/mol. The molecule has 0 saturated carbocycles. The predicted octanol–water partition coefficient (Wildman–Crippen LogP) is 4.95. The van der Waals surface area contributed by atoms with Crippen molar-refractivity contribution in [3.8, 4) is 0 Å². The molecule has 0 amide bonds. The second-order valence-electron chi connectivity index (χ2n) is 7.85. The summed E-state index contributed by atoms with van der Waals surface area (Å²) >= 11 is 0. The van der Waals surface area contributed by atoms with Crippen LogP contribution in [0.4, 0.5) is 0 Å². The molecule has 3 aromatic carbocycles. The number of rotatable bonds is 6. The van der Waals surface area contributed by atoms with Gasteiger partial charge < -0.3 is 0 Å². The maximum atomic E-state index is 12.8. The second-order valence-corrected chi connectivity index (χ2v) is 9.42. The van der Waals surface area contributed by atoms with E-state index < -0.39 is 10.1 Å². The van der Waals surface area contributed by atoms with Crippen LogP contribution in [0.2, 0.25) is 0 Å². The molecule has 0 aromatic heterocycles. The number of benzene rings is 3. The Balaban J connectivity index is 1.56. The highest BCUT2D eigenvalue weighted by atomic mass is 32.2. The van der Waals surface area contributed by atoms with Crippen LogP contribution in [0.15, 0.2) is 89.8 Å². The lowest BCUT2D eigenvalue weighted by Crippen LogP contribution is -2.42. The number of hydrogen-bond acceptors (Lipinski definition) is 4. The fraction of sp³-hybridized carbons (Fsp3) is 0.280. The van der Waals surface area contributed by atoms with E-state index in [0.29, 0.717) is 6.54 Å². The molecule has 5 heteroatoms. The highest BCUT2D eigenvalue weighted by Gasteiger charge is 2.31. The molecule has 0 aliphatic carbocycles. The van der Waals surface area contributed by atoms with Crippen LogP contribution in [-0.4, -0.2) is 32.5 Å². The van der Waals surface area contributed by atoms with Gasteiger partial charge in [0.1, 0.15) is 0 Å². The van der Waals surface area contributed by atoms with Gasteiger partial charge in [-0.25, -0.2) is 0 Å². The summed E-state index contributed by atoms with van der Waals surface area (Å²) in [6, 6.07) is 27.6. The maximum Gasteiger partial charge on any atom is 0.297 e. The largest absolute Gasteiger partial charge is 0.297 e. The van der Waals surface area contributed by atoms with Crippen LogP contribution in [0.3, 0.4) is 0 Å². The Morgan fingerprint density at radius 3 is 2.00 bits per heavy atom. The lowest BCUT2D eigenvalue weighted by molar-refractivity contribution is 0.0754. The van der Waals surface area contributed by atoms with Crippen molar-refractivity contribution in [1.29, 1.82) is 0 Å². The van der Waals surface area contributed by atoms with Gasteiger partial charge in [0.25, 0.3) is 10.1 Å². The minimum absolute atomic E-state index is 0.0703. The summed E-state index contributed by atoms with van der Waals surface area (Å²) in [6.45, 7) is 3.40. The first-order valence-electron chi connectivity index (χ1n) is 10.4. The number of nitrogens with zero attached hydrogens (tertiary/aromatic N) is 1. The van der Waals surface area contributed by atoms with Gasteiger partial charge in [0.15, 0.2) is 0 Å². The minimum atomic E-state index is -3.78. The summed E-state index contributed by atoms with van der Waals surface area (Å²) in [6.07, 6.45) is 1.27. The third-order valence-corrected chi connectivity index (χ3v) is 6.95. The highest BCUT2D eigenvalue weighted by Crippen LogP contribution is 2.32. The van der Waals surface area contributed by atoms with Gasteiger partial charge in [-0.3, -0.25) is 9.08 Å². The third kappa shape index (κ3) is 4.81. The zero-order chi connectivity index (χ0) is 21.0. The molecule has 1 fully saturated rings. The van der Waals surface area contributed by atoms with Gasteiger partial charge in [0, 0.05) is 6.54 Å². The van der Waals surface area contributed by atoms with E-state index in [0.717, 1.165) is 24.9 Å². The topological polar surface area (TPSA) is 46.6 Å². The lowest BCUT2D eigenvalue weighted by Gasteiger charge is -2.38. The Kier molecular flexibility index (Phi) is 6.32. The van der Waals surface area contributed by atoms with E-state index in [1.54, 1.807) is 24.3 Å². The minimum Gasteiger partial charge on any atom is -0.290 e. The summed E-state index contributed by atoms with van der Waals surface area (Å²) in [5.41, 5.74) is 3.42. The number of piperidine rings is 1. The summed E-state index contributed by atoms with van der Waals surface area (Å²) in [5.74, 6) is 0. The Hall–Kier alpha value is -2.47. The van der Waals surface area contributed by atoms with Crippen LogP contribution in [0.25, 0.3) is 0 Å². The molecule has 0 bridgehead atoms. The SMILES string of the molecule is Cc1ccc(S(=O)(=O)OC2CCCN(C(c3ccccc3)c3ccccc3)C2)cc1. The van der Waals surface area contributed by atoms with Gasteiger partial charge in [-0.2, -0.15) is 8.42 Å². The number of aryl methyl sites for hydroxylation is 1. The second kappa shape index (κ2) is 9.13. The maximum absolute atomic E-state index is 12.8. The van der Waals surface area contributed by atoms with Gasteiger partial charge in [-0.1, -0.05) is 78.4 Å². The van der Waals surface area contributed by atoms with E-state index in [1.165, 1.54) is 11.1 Å². The zero-order valence-electron chi connectivity index (χ0n) is 17.1. The quantitative estimate of drug-likeness (QED) is 0.528. The van der Waals surface area contributed by atoms with E-state index >= 15 is 0 Å². The molecule has 1 aliphatic rings. The van der Waals surface area contributed by atoms with E-state index in [4.69, 9.17) is 4.18 Å². The Morgan fingerprint density at radius 2 is 1.43 bits per heavy atom. The average molecular weight is 422 g/mol. The Morgan fingerprint density at radius 1 is 0.867 bits per heavy atom. The average Bonchev–Trinajstić information content (AvgIpc) is 2.76. The van der Waals surface area contributed by atoms with E-state index in [2.05, 4.69) is 29.2 Å². The molecular formula is C25H27NO3S. The number of likely N-dealkylation sites (tertiary alicyclic amines) is 1. The molecular weight excluding hydrogens is 394 g/mol. The molecule has 4 rings (SSSR count). The van der Waals surface area contributed by atoms with Crippen LogP contribution in [0.1, 0.15) is 35.6 Å². The van der Waals surface area contributed by atoms with Crippen LogP contribution >= 0.6 is 0 Å². The van der Waals surface area contributed by atoms with Crippen LogP contribution < -0.4 is 0 Å². The van der Waals surface area contributed by atoms with Gasteiger partial charge in [0.2, 0.25) is 0 Å². The standard InChI is InChI=1S/C25H27NO3S/c1-20-14-16-24(17-15-20)30(27,28)29-23-13-8-18-26(19-23)25(21-9-4-2-5-10-21)22-11-6-3-7-12-22/h2-7,9-12,14-17,23,25H,8,13,18-19H2,1H3. The van der Waals surface area contributed by atoms with Gasteiger partial charge in [-0.15, -0.1) is 0 Å². The van der Waals surface area contributed by atoms with Crippen molar-refractivity contribution in [2.45, 2.75) is 36.8 Å². The Bertz CT molecular complexity index is 1010.